The molecule has 0 aliphatic rings. The van der Waals surface area contributed by atoms with Gasteiger partial charge in [0.2, 0.25) is 5.95 Å². The first-order chi connectivity index (χ1) is 7.75. The molecule has 3 rings (SSSR count). The normalized spacial score (nSPS) is 11.0. The highest BCUT2D eigenvalue weighted by molar-refractivity contribution is 7.13. The van der Waals surface area contributed by atoms with Crippen molar-refractivity contribution >= 4 is 23.1 Å². The molecular weight excluding hydrogens is 228 g/mol. The van der Waals surface area contributed by atoms with E-state index in [-0.39, 0.29) is 17.3 Å². The summed E-state index contributed by atoms with van der Waals surface area (Å²) in [6.07, 6.45) is 0. The van der Waals surface area contributed by atoms with Gasteiger partial charge in [0.25, 0.3) is 11.3 Å². The number of rotatable bonds is 1. The molecule has 3 heterocycles. The van der Waals surface area contributed by atoms with Gasteiger partial charge in [0.15, 0.2) is 5.69 Å². The molecule has 0 aliphatic heterocycles. The van der Waals surface area contributed by atoms with Gasteiger partial charge in [0.05, 0.1) is 4.88 Å². The van der Waals surface area contributed by atoms with Gasteiger partial charge in [0.1, 0.15) is 0 Å². The molecule has 0 saturated carbocycles. The van der Waals surface area contributed by atoms with Crippen LogP contribution >= 0.6 is 11.3 Å². The van der Waals surface area contributed by atoms with Crippen molar-refractivity contribution in [2.24, 2.45) is 0 Å². The van der Waals surface area contributed by atoms with Crippen LogP contribution in [0, 0.1) is 0 Å². The van der Waals surface area contributed by atoms with Gasteiger partial charge in [-0.2, -0.15) is 9.61 Å². The first kappa shape index (κ1) is 9.04. The molecule has 8 heteroatoms. The highest BCUT2D eigenvalue weighted by Gasteiger charge is 2.11. The lowest BCUT2D eigenvalue weighted by molar-refractivity contribution is 0.903. The molecule has 0 saturated heterocycles. The lowest BCUT2D eigenvalue weighted by Gasteiger charge is -1.97. The van der Waals surface area contributed by atoms with E-state index in [2.05, 4.69) is 20.3 Å². The van der Waals surface area contributed by atoms with Crippen molar-refractivity contribution in [3.05, 3.63) is 27.9 Å². The van der Waals surface area contributed by atoms with Crippen molar-refractivity contribution in [2.75, 3.05) is 5.73 Å². The predicted molar refractivity (Wildman–Crippen MR) is 59.1 cm³/mol. The van der Waals surface area contributed by atoms with Crippen molar-refractivity contribution in [1.82, 2.24) is 24.8 Å². The van der Waals surface area contributed by atoms with Crippen LogP contribution in [0.4, 0.5) is 5.95 Å². The molecule has 16 heavy (non-hydrogen) atoms. The van der Waals surface area contributed by atoms with Crippen LogP contribution in [0.15, 0.2) is 22.3 Å². The molecule has 0 aliphatic carbocycles. The smallest absolute Gasteiger partial charge is 0.279 e. The third-order valence-corrected chi connectivity index (χ3v) is 2.94. The van der Waals surface area contributed by atoms with Crippen molar-refractivity contribution in [3.8, 4) is 10.6 Å². The highest BCUT2D eigenvalue weighted by Crippen LogP contribution is 2.19. The van der Waals surface area contributed by atoms with Gasteiger partial charge < -0.3 is 5.73 Å². The molecule has 0 aromatic carbocycles. The number of aromatic nitrogens is 5. The Morgan fingerprint density at radius 2 is 2.31 bits per heavy atom. The summed E-state index contributed by atoms with van der Waals surface area (Å²) in [7, 11) is 0. The van der Waals surface area contributed by atoms with Crippen LogP contribution < -0.4 is 11.3 Å². The van der Waals surface area contributed by atoms with Crippen molar-refractivity contribution < 1.29 is 0 Å². The Bertz CT molecular complexity index is 697. The van der Waals surface area contributed by atoms with Gasteiger partial charge in [-0.15, -0.1) is 21.5 Å². The van der Waals surface area contributed by atoms with Crippen LogP contribution in [0.5, 0.6) is 0 Å². The van der Waals surface area contributed by atoms with Gasteiger partial charge in [-0.3, -0.25) is 9.78 Å². The fourth-order valence-electron chi connectivity index (χ4n) is 1.35. The average Bonchev–Trinajstić information content (AvgIpc) is 2.88. The fourth-order valence-corrected chi connectivity index (χ4v) is 2.06. The van der Waals surface area contributed by atoms with E-state index in [9.17, 15) is 4.79 Å². The molecule has 3 aromatic rings. The maximum atomic E-state index is 11.7. The number of thiophene rings is 1. The molecule has 7 nitrogen and oxygen atoms in total. The topological polar surface area (TPSA) is 102 Å². The van der Waals surface area contributed by atoms with Crippen molar-refractivity contribution in [2.45, 2.75) is 0 Å². The number of H-pyrrole nitrogens is 1. The Kier molecular flexibility index (Phi) is 1.77. The summed E-state index contributed by atoms with van der Waals surface area (Å²) in [6.45, 7) is 0. The summed E-state index contributed by atoms with van der Waals surface area (Å²) in [5.41, 5.74) is 5.57. The maximum absolute atomic E-state index is 11.7. The predicted octanol–water partition coefficient (Wildman–Crippen LogP) is 0.123. The van der Waals surface area contributed by atoms with Crippen LogP contribution in [0.2, 0.25) is 0 Å². The minimum Gasteiger partial charge on any atom is -0.366 e. The van der Waals surface area contributed by atoms with Gasteiger partial charge in [0, 0.05) is 0 Å². The van der Waals surface area contributed by atoms with Gasteiger partial charge in [-0.25, -0.2) is 0 Å². The number of anilines is 1. The summed E-state index contributed by atoms with van der Waals surface area (Å²) >= 11 is 1.43. The summed E-state index contributed by atoms with van der Waals surface area (Å²) in [5, 5.41) is 13.3. The molecule has 0 bridgehead atoms. The number of hydrogen-bond donors (Lipinski definition) is 2. The standard InChI is InChI=1S/C8H6N6OS/c9-7-11-12-8-10-6(15)5(13-14(7)8)4-2-1-3-16-4/h1-3H,(H2,9,11)(H,10,12,15). The molecule has 0 fully saturated rings. The maximum Gasteiger partial charge on any atom is 0.279 e. The van der Waals surface area contributed by atoms with Crippen molar-refractivity contribution in [1.29, 1.82) is 0 Å². The van der Waals surface area contributed by atoms with E-state index >= 15 is 0 Å². The summed E-state index contributed by atoms with van der Waals surface area (Å²) in [4.78, 5) is 15.0. The Balaban J connectivity index is 2.37. The number of hydrogen-bond acceptors (Lipinski definition) is 6. The van der Waals surface area contributed by atoms with Gasteiger partial charge >= 0.3 is 0 Å². The molecule has 0 radical (unpaired) electrons. The third-order valence-electron chi connectivity index (χ3n) is 2.06. The average molecular weight is 234 g/mol. The molecule has 0 unspecified atom stereocenters. The first-order valence-corrected chi connectivity index (χ1v) is 5.29. The monoisotopic (exact) mass is 234 g/mol. The second-order valence-corrected chi connectivity index (χ2v) is 4.02. The van der Waals surface area contributed by atoms with Crippen LogP contribution in [0.1, 0.15) is 0 Å². The fraction of sp³-hybridized carbons (Fsp3) is 0. The molecule has 80 valence electrons. The number of nitrogens with zero attached hydrogens (tertiary/aromatic N) is 4. The van der Waals surface area contributed by atoms with Gasteiger partial charge in [-0.1, -0.05) is 6.07 Å². The van der Waals surface area contributed by atoms with Crippen LogP contribution in [-0.4, -0.2) is 24.8 Å². The Morgan fingerprint density at radius 1 is 1.44 bits per heavy atom. The van der Waals surface area contributed by atoms with Crippen molar-refractivity contribution in [3.63, 3.8) is 0 Å². The first-order valence-electron chi connectivity index (χ1n) is 4.41. The quantitative estimate of drug-likeness (QED) is 0.622. The minimum atomic E-state index is -0.303. The second-order valence-electron chi connectivity index (χ2n) is 3.07. The Labute approximate surface area is 92.6 Å². The molecule has 0 amide bonds. The number of nitrogens with one attached hydrogen (secondary N) is 1. The molecule has 3 N–H and O–H groups in total. The van der Waals surface area contributed by atoms with E-state index in [4.69, 9.17) is 5.73 Å². The lowest BCUT2D eigenvalue weighted by atomic mass is 10.4. The van der Waals surface area contributed by atoms with E-state index in [1.54, 1.807) is 0 Å². The zero-order valence-electron chi connectivity index (χ0n) is 7.91. The van der Waals surface area contributed by atoms with E-state index < -0.39 is 0 Å². The number of aromatic amines is 1. The minimum absolute atomic E-state index is 0.143. The molecule has 0 spiro atoms. The zero-order chi connectivity index (χ0) is 11.1. The van der Waals surface area contributed by atoms with E-state index in [0.717, 1.165) is 4.88 Å². The molecular formula is C8H6N6OS. The second kappa shape index (κ2) is 3.14. The number of nitrogens with two attached hydrogens (primary N) is 1. The lowest BCUT2D eigenvalue weighted by Crippen LogP contribution is -2.15. The van der Waals surface area contributed by atoms with E-state index in [1.165, 1.54) is 15.9 Å². The zero-order valence-corrected chi connectivity index (χ0v) is 8.73. The molecule has 3 aromatic heterocycles. The third kappa shape index (κ3) is 1.20. The number of fused-ring (bicyclic) bond motifs is 1. The van der Waals surface area contributed by atoms with Crippen LogP contribution in [0.25, 0.3) is 16.3 Å². The SMILES string of the molecule is Nc1nnc2[nH]c(=O)c(-c3cccs3)nn12. The van der Waals surface area contributed by atoms with E-state index in [0.29, 0.717) is 5.69 Å². The van der Waals surface area contributed by atoms with Crippen LogP contribution in [-0.2, 0) is 0 Å². The summed E-state index contributed by atoms with van der Waals surface area (Å²) in [5.74, 6) is 0.381. The Hall–Kier alpha value is -2.22. The summed E-state index contributed by atoms with van der Waals surface area (Å²) < 4.78 is 1.30. The summed E-state index contributed by atoms with van der Waals surface area (Å²) in [6, 6.07) is 3.66. The van der Waals surface area contributed by atoms with Gasteiger partial charge in [-0.05, 0) is 11.4 Å². The van der Waals surface area contributed by atoms with Crippen LogP contribution in [0.3, 0.4) is 0 Å². The Morgan fingerprint density at radius 3 is 3.06 bits per heavy atom. The van der Waals surface area contributed by atoms with E-state index in [1.807, 2.05) is 17.5 Å². The largest absolute Gasteiger partial charge is 0.366 e. The number of nitrogen functional groups attached to an aromatic ring is 1. The molecule has 0 atom stereocenters. The highest BCUT2D eigenvalue weighted by atomic mass is 32.1.